The van der Waals surface area contributed by atoms with Gasteiger partial charge in [-0.15, -0.1) is 0 Å². The highest BCUT2D eigenvalue weighted by Crippen LogP contribution is 2.24. The van der Waals surface area contributed by atoms with Crippen LogP contribution in [-0.4, -0.2) is 18.0 Å². The van der Waals surface area contributed by atoms with Crippen molar-refractivity contribution in [2.24, 2.45) is 0 Å². The molecule has 1 heteroatoms. The Morgan fingerprint density at radius 3 is 2.44 bits per heavy atom. The average Bonchev–Trinajstić information content (AvgIpc) is 2.76. The van der Waals surface area contributed by atoms with Crippen molar-refractivity contribution in [2.75, 3.05) is 13.1 Å². The summed E-state index contributed by atoms with van der Waals surface area (Å²) >= 11 is 0. The Labute approximate surface area is 97.8 Å². The summed E-state index contributed by atoms with van der Waals surface area (Å²) in [6.07, 6.45) is 8.79. The molecule has 1 heterocycles. The van der Waals surface area contributed by atoms with E-state index in [9.17, 15) is 0 Å². The normalized spacial score (nSPS) is 20.2. The van der Waals surface area contributed by atoms with E-state index >= 15 is 0 Å². The van der Waals surface area contributed by atoms with E-state index in [1.165, 1.54) is 44.3 Å². The lowest BCUT2D eigenvalue weighted by Gasteiger charge is -2.20. The summed E-state index contributed by atoms with van der Waals surface area (Å²) in [5.74, 6) is 0. The van der Waals surface area contributed by atoms with Gasteiger partial charge >= 0.3 is 0 Å². The summed E-state index contributed by atoms with van der Waals surface area (Å²) in [6.45, 7) is 2.56. The maximum Gasteiger partial charge on any atom is 0.0175 e. The minimum atomic E-state index is 1.13. The van der Waals surface area contributed by atoms with Gasteiger partial charge in [0.2, 0.25) is 0 Å². The van der Waals surface area contributed by atoms with E-state index in [0.717, 1.165) is 6.42 Å². The van der Waals surface area contributed by atoms with Gasteiger partial charge in [0.05, 0.1) is 0 Å². The number of rotatable bonds is 1. The first kappa shape index (κ1) is 9.95. The second kappa shape index (κ2) is 4.32. The number of hydrogen-bond acceptors (Lipinski definition) is 1. The van der Waals surface area contributed by atoms with Gasteiger partial charge in [0.25, 0.3) is 0 Å². The van der Waals surface area contributed by atoms with Crippen molar-refractivity contribution in [3.8, 4) is 0 Å². The molecule has 1 aromatic rings. The highest BCUT2D eigenvalue weighted by Gasteiger charge is 2.16. The molecule has 0 amide bonds. The van der Waals surface area contributed by atoms with E-state index < -0.39 is 0 Å². The van der Waals surface area contributed by atoms with Crippen LogP contribution in [0.4, 0.5) is 0 Å². The second-order valence-electron chi connectivity index (χ2n) is 4.86. The first-order valence-electron chi connectivity index (χ1n) is 6.44. The molecule has 1 aromatic carbocycles. The van der Waals surface area contributed by atoms with Gasteiger partial charge in [-0.2, -0.15) is 0 Å². The van der Waals surface area contributed by atoms with Gasteiger partial charge < -0.3 is 4.90 Å². The molecule has 84 valence electrons. The minimum Gasteiger partial charge on any atom is -0.375 e. The predicted molar refractivity (Wildman–Crippen MR) is 67.4 cm³/mol. The molecule has 0 radical (unpaired) electrons. The van der Waals surface area contributed by atoms with Gasteiger partial charge in [-0.1, -0.05) is 30.3 Å². The van der Waals surface area contributed by atoms with Crippen LogP contribution in [0.15, 0.2) is 36.0 Å². The highest BCUT2D eigenvalue weighted by atomic mass is 15.1. The molecule has 1 fully saturated rings. The number of benzene rings is 1. The molecule has 1 nitrogen and oxygen atoms in total. The Morgan fingerprint density at radius 2 is 1.62 bits per heavy atom. The molecule has 0 saturated carbocycles. The maximum atomic E-state index is 2.59. The van der Waals surface area contributed by atoms with Crippen molar-refractivity contribution in [2.45, 2.75) is 32.1 Å². The monoisotopic (exact) mass is 213 g/mol. The molecule has 0 N–H and O–H groups in total. The molecule has 0 aromatic heterocycles. The van der Waals surface area contributed by atoms with Crippen molar-refractivity contribution < 1.29 is 0 Å². The predicted octanol–water partition coefficient (Wildman–Crippen LogP) is 3.16. The van der Waals surface area contributed by atoms with E-state index in [0.29, 0.717) is 0 Å². The van der Waals surface area contributed by atoms with E-state index in [1.54, 1.807) is 11.3 Å². The molecule has 0 spiro atoms. The third kappa shape index (κ3) is 1.87. The number of likely N-dealkylation sites (tertiary alicyclic amines) is 1. The van der Waals surface area contributed by atoms with Crippen molar-refractivity contribution in [3.05, 3.63) is 47.2 Å². The van der Waals surface area contributed by atoms with E-state index in [4.69, 9.17) is 0 Å². The van der Waals surface area contributed by atoms with Crippen LogP contribution in [0.5, 0.6) is 0 Å². The van der Waals surface area contributed by atoms with Crippen LogP contribution in [0.3, 0.4) is 0 Å². The molecular weight excluding hydrogens is 194 g/mol. The third-order valence-electron chi connectivity index (χ3n) is 3.84. The molecular formula is C15H19N. The number of allylic oxidation sites excluding steroid dienone is 2. The molecule has 1 saturated heterocycles. The Morgan fingerprint density at radius 1 is 0.875 bits per heavy atom. The number of hydrogen-bond donors (Lipinski definition) is 0. The van der Waals surface area contributed by atoms with Crippen molar-refractivity contribution >= 4 is 0 Å². The average molecular weight is 213 g/mol. The molecule has 2 aliphatic rings. The Kier molecular flexibility index (Phi) is 2.69. The largest absolute Gasteiger partial charge is 0.375 e. The Balaban J connectivity index is 1.80. The zero-order valence-electron chi connectivity index (χ0n) is 9.78. The van der Waals surface area contributed by atoms with Crippen molar-refractivity contribution in [1.29, 1.82) is 0 Å². The summed E-state index contributed by atoms with van der Waals surface area (Å²) in [5, 5.41) is 0. The fourth-order valence-electron chi connectivity index (χ4n) is 2.88. The smallest absolute Gasteiger partial charge is 0.0175 e. The van der Waals surface area contributed by atoms with E-state index in [2.05, 4.69) is 35.2 Å². The zero-order valence-corrected chi connectivity index (χ0v) is 9.78. The van der Waals surface area contributed by atoms with E-state index in [-0.39, 0.29) is 0 Å². The van der Waals surface area contributed by atoms with Crippen molar-refractivity contribution in [1.82, 2.24) is 4.90 Å². The summed E-state index contributed by atoms with van der Waals surface area (Å²) in [7, 11) is 0. The molecule has 0 atom stereocenters. The number of fused-ring (bicyclic) bond motifs is 1. The lowest BCUT2D eigenvalue weighted by atomic mass is 10.0. The first-order chi connectivity index (χ1) is 7.93. The fourth-order valence-corrected chi connectivity index (χ4v) is 2.88. The van der Waals surface area contributed by atoms with Crippen LogP contribution in [0.25, 0.3) is 0 Å². The van der Waals surface area contributed by atoms with Gasteiger partial charge in [-0.25, -0.2) is 0 Å². The molecule has 0 bridgehead atoms. The minimum absolute atomic E-state index is 1.13. The van der Waals surface area contributed by atoms with E-state index in [1.807, 2.05) is 0 Å². The Hall–Kier alpha value is -1.24. The van der Waals surface area contributed by atoms with Gasteiger partial charge in [0, 0.05) is 18.8 Å². The van der Waals surface area contributed by atoms with Gasteiger partial charge in [-0.3, -0.25) is 0 Å². The fraction of sp³-hybridized carbons (Fsp3) is 0.467. The maximum absolute atomic E-state index is 2.59. The number of aryl methyl sites for hydroxylation is 1. The van der Waals surface area contributed by atoms with Crippen LogP contribution in [-0.2, 0) is 12.8 Å². The molecule has 1 aliphatic heterocycles. The topological polar surface area (TPSA) is 3.24 Å². The molecule has 3 rings (SSSR count). The van der Waals surface area contributed by atoms with Crippen LogP contribution >= 0.6 is 0 Å². The lowest BCUT2D eigenvalue weighted by Crippen LogP contribution is -2.18. The molecule has 16 heavy (non-hydrogen) atoms. The van der Waals surface area contributed by atoms with Crippen LogP contribution in [0, 0.1) is 0 Å². The lowest BCUT2D eigenvalue weighted by molar-refractivity contribution is 0.408. The van der Waals surface area contributed by atoms with Gasteiger partial charge in [-0.05, 0) is 43.2 Å². The zero-order chi connectivity index (χ0) is 10.8. The molecule has 0 unspecified atom stereocenters. The second-order valence-corrected chi connectivity index (χ2v) is 4.86. The van der Waals surface area contributed by atoms with Gasteiger partial charge in [0.1, 0.15) is 0 Å². The Bertz CT molecular complexity index is 400. The van der Waals surface area contributed by atoms with Crippen molar-refractivity contribution in [3.63, 3.8) is 0 Å². The third-order valence-corrected chi connectivity index (χ3v) is 3.84. The summed E-state index contributed by atoms with van der Waals surface area (Å²) in [5.41, 5.74) is 4.67. The summed E-state index contributed by atoms with van der Waals surface area (Å²) in [6, 6.07) is 8.89. The SMILES string of the molecule is C1=C(N2CCCC2)CCc2ccccc2C1. The highest BCUT2D eigenvalue weighted by molar-refractivity contribution is 5.32. The summed E-state index contributed by atoms with van der Waals surface area (Å²) < 4.78 is 0. The standard InChI is InChI=1S/C15H19N/c1-2-6-14-8-10-15(9-7-13(14)5-1)16-11-3-4-12-16/h1-2,5-6,9H,3-4,7-8,10-12H2. The molecule has 1 aliphatic carbocycles. The number of nitrogens with zero attached hydrogens (tertiary/aromatic N) is 1. The quantitative estimate of drug-likeness (QED) is 0.692. The first-order valence-corrected chi connectivity index (χ1v) is 6.44. The van der Waals surface area contributed by atoms with Gasteiger partial charge in [0.15, 0.2) is 0 Å². The van der Waals surface area contributed by atoms with Crippen LogP contribution < -0.4 is 0 Å². The van der Waals surface area contributed by atoms with Crippen LogP contribution in [0.2, 0.25) is 0 Å². The van der Waals surface area contributed by atoms with Crippen LogP contribution in [0.1, 0.15) is 30.4 Å². The summed E-state index contributed by atoms with van der Waals surface area (Å²) in [4.78, 5) is 2.59.